The maximum absolute atomic E-state index is 11.9. The van der Waals surface area contributed by atoms with E-state index in [0.717, 1.165) is 0 Å². The van der Waals surface area contributed by atoms with Crippen molar-refractivity contribution in [1.82, 2.24) is 4.90 Å². The summed E-state index contributed by atoms with van der Waals surface area (Å²) in [4.78, 5) is 24.0. The van der Waals surface area contributed by atoms with E-state index in [1.807, 2.05) is 20.8 Å². The molecule has 0 aromatic carbocycles. The number of carboxylic acid groups (broad SMARTS) is 1. The number of nitrogens with zero attached hydrogens (tertiary/aromatic N) is 1. The van der Waals surface area contributed by atoms with E-state index in [1.165, 1.54) is 0 Å². The molecule has 17 heavy (non-hydrogen) atoms. The number of carbonyl (C=O) groups is 2. The van der Waals surface area contributed by atoms with Gasteiger partial charge in [-0.2, -0.15) is 0 Å². The number of hydrogen-bond donors (Lipinski definition) is 1. The van der Waals surface area contributed by atoms with Crippen LogP contribution < -0.4 is 0 Å². The zero-order chi connectivity index (χ0) is 13.4. The standard InChI is InChI=1S/C12H23NO4/c1-9(2)13(8-7-12(15)16)11(14)6-5-10(3)17-4/h9-10H,5-8H2,1-4H3,(H,15,16). The van der Waals surface area contributed by atoms with Crippen LogP contribution in [0.2, 0.25) is 0 Å². The molecule has 0 spiro atoms. The molecule has 0 aromatic heterocycles. The molecule has 0 aromatic rings. The van der Waals surface area contributed by atoms with Gasteiger partial charge in [-0.1, -0.05) is 0 Å². The Balaban J connectivity index is 4.20. The largest absolute Gasteiger partial charge is 0.481 e. The summed E-state index contributed by atoms with van der Waals surface area (Å²) in [5.41, 5.74) is 0. The SMILES string of the molecule is COC(C)CCC(=O)N(CCC(=O)O)C(C)C. The topological polar surface area (TPSA) is 66.8 Å². The Morgan fingerprint density at radius 2 is 1.82 bits per heavy atom. The first-order valence-electron chi connectivity index (χ1n) is 5.92. The van der Waals surface area contributed by atoms with Gasteiger partial charge in [-0.3, -0.25) is 9.59 Å². The Labute approximate surface area is 103 Å². The van der Waals surface area contributed by atoms with Crippen molar-refractivity contribution >= 4 is 11.9 Å². The number of carbonyl (C=O) groups excluding carboxylic acids is 1. The first kappa shape index (κ1) is 15.9. The van der Waals surface area contributed by atoms with Crippen molar-refractivity contribution in [2.45, 2.75) is 52.2 Å². The van der Waals surface area contributed by atoms with Gasteiger partial charge in [-0.15, -0.1) is 0 Å². The highest BCUT2D eigenvalue weighted by Crippen LogP contribution is 2.08. The predicted octanol–water partition coefficient (Wildman–Crippen LogP) is 1.51. The third-order valence-corrected chi connectivity index (χ3v) is 2.68. The zero-order valence-electron chi connectivity index (χ0n) is 11.1. The number of hydrogen-bond acceptors (Lipinski definition) is 3. The Hall–Kier alpha value is -1.10. The molecular weight excluding hydrogens is 222 g/mol. The molecule has 0 aliphatic carbocycles. The van der Waals surface area contributed by atoms with E-state index < -0.39 is 5.97 Å². The highest BCUT2D eigenvalue weighted by Gasteiger charge is 2.18. The van der Waals surface area contributed by atoms with Crippen molar-refractivity contribution in [2.75, 3.05) is 13.7 Å². The molecule has 1 amide bonds. The minimum Gasteiger partial charge on any atom is -0.481 e. The van der Waals surface area contributed by atoms with Crippen molar-refractivity contribution in [3.05, 3.63) is 0 Å². The first-order valence-corrected chi connectivity index (χ1v) is 5.92. The van der Waals surface area contributed by atoms with Gasteiger partial charge in [0.1, 0.15) is 0 Å². The second-order valence-corrected chi connectivity index (χ2v) is 4.41. The van der Waals surface area contributed by atoms with Crippen molar-refractivity contribution in [1.29, 1.82) is 0 Å². The molecular formula is C12H23NO4. The van der Waals surface area contributed by atoms with Gasteiger partial charge in [0.15, 0.2) is 0 Å². The van der Waals surface area contributed by atoms with E-state index in [9.17, 15) is 9.59 Å². The van der Waals surface area contributed by atoms with Gasteiger partial charge < -0.3 is 14.7 Å². The van der Waals surface area contributed by atoms with Crippen LogP contribution in [0.25, 0.3) is 0 Å². The molecule has 0 fully saturated rings. The molecule has 1 N–H and O–H groups in total. The number of aliphatic carboxylic acids is 1. The fraction of sp³-hybridized carbons (Fsp3) is 0.833. The highest BCUT2D eigenvalue weighted by molar-refractivity contribution is 5.77. The average Bonchev–Trinajstić information content (AvgIpc) is 2.25. The van der Waals surface area contributed by atoms with Crippen LogP contribution in [0, 0.1) is 0 Å². The van der Waals surface area contributed by atoms with Gasteiger partial charge in [0, 0.05) is 26.1 Å². The summed E-state index contributed by atoms with van der Waals surface area (Å²) in [6, 6.07) is 0.0275. The maximum Gasteiger partial charge on any atom is 0.305 e. The second kappa shape index (κ2) is 8.06. The van der Waals surface area contributed by atoms with Gasteiger partial charge in [0.25, 0.3) is 0 Å². The fourth-order valence-electron chi connectivity index (χ4n) is 1.48. The molecule has 0 saturated heterocycles. The molecule has 1 unspecified atom stereocenters. The van der Waals surface area contributed by atoms with Gasteiger partial charge in [0.05, 0.1) is 12.5 Å². The van der Waals surface area contributed by atoms with E-state index in [1.54, 1.807) is 12.0 Å². The quantitative estimate of drug-likeness (QED) is 0.704. The summed E-state index contributed by atoms with van der Waals surface area (Å²) >= 11 is 0. The summed E-state index contributed by atoms with van der Waals surface area (Å²) in [6.07, 6.45) is 1.09. The van der Waals surface area contributed by atoms with Crippen molar-refractivity contribution in [3.8, 4) is 0 Å². The van der Waals surface area contributed by atoms with Gasteiger partial charge >= 0.3 is 5.97 Å². The minimum atomic E-state index is -0.881. The van der Waals surface area contributed by atoms with Crippen LogP contribution in [0.1, 0.15) is 40.0 Å². The van der Waals surface area contributed by atoms with Crippen molar-refractivity contribution in [2.24, 2.45) is 0 Å². The van der Waals surface area contributed by atoms with Crippen LogP contribution in [0.4, 0.5) is 0 Å². The number of rotatable bonds is 8. The van der Waals surface area contributed by atoms with Gasteiger partial charge in [-0.05, 0) is 27.2 Å². The molecule has 0 aliphatic rings. The summed E-state index contributed by atoms with van der Waals surface area (Å²) in [6.45, 7) is 5.95. The Bertz CT molecular complexity index is 253. The summed E-state index contributed by atoms with van der Waals surface area (Å²) < 4.78 is 5.07. The Kier molecular flexibility index (Phi) is 7.54. The third-order valence-electron chi connectivity index (χ3n) is 2.68. The molecule has 1 atom stereocenters. The lowest BCUT2D eigenvalue weighted by atomic mass is 10.1. The fourth-order valence-corrected chi connectivity index (χ4v) is 1.48. The molecule has 100 valence electrons. The van der Waals surface area contributed by atoms with E-state index in [2.05, 4.69) is 0 Å². The lowest BCUT2D eigenvalue weighted by Crippen LogP contribution is -2.38. The van der Waals surface area contributed by atoms with Crippen LogP contribution >= 0.6 is 0 Å². The smallest absolute Gasteiger partial charge is 0.305 e. The highest BCUT2D eigenvalue weighted by atomic mass is 16.5. The molecule has 0 bridgehead atoms. The van der Waals surface area contributed by atoms with Crippen molar-refractivity contribution in [3.63, 3.8) is 0 Å². The number of carboxylic acids is 1. The van der Waals surface area contributed by atoms with E-state index in [4.69, 9.17) is 9.84 Å². The second-order valence-electron chi connectivity index (χ2n) is 4.41. The predicted molar refractivity (Wildman–Crippen MR) is 64.8 cm³/mol. The number of amides is 1. The normalized spacial score (nSPS) is 12.5. The minimum absolute atomic E-state index is 0.00912. The summed E-state index contributed by atoms with van der Waals surface area (Å²) in [7, 11) is 1.61. The van der Waals surface area contributed by atoms with Gasteiger partial charge in [0.2, 0.25) is 5.91 Å². The summed E-state index contributed by atoms with van der Waals surface area (Å²) in [5.74, 6) is -0.890. The summed E-state index contributed by atoms with van der Waals surface area (Å²) in [5, 5.41) is 8.62. The zero-order valence-corrected chi connectivity index (χ0v) is 11.1. The lowest BCUT2D eigenvalue weighted by Gasteiger charge is -2.26. The average molecular weight is 245 g/mol. The maximum atomic E-state index is 11.9. The Morgan fingerprint density at radius 3 is 2.24 bits per heavy atom. The molecule has 0 aliphatic heterocycles. The van der Waals surface area contributed by atoms with Crippen molar-refractivity contribution < 1.29 is 19.4 Å². The Morgan fingerprint density at radius 1 is 1.24 bits per heavy atom. The monoisotopic (exact) mass is 245 g/mol. The molecule has 0 saturated carbocycles. The first-order chi connectivity index (χ1) is 7.88. The third kappa shape index (κ3) is 6.94. The molecule has 0 radical (unpaired) electrons. The van der Waals surface area contributed by atoms with E-state index in [-0.39, 0.29) is 31.0 Å². The van der Waals surface area contributed by atoms with Crippen LogP contribution in [-0.2, 0) is 14.3 Å². The van der Waals surface area contributed by atoms with Crippen LogP contribution in [0.15, 0.2) is 0 Å². The van der Waals surface area contributed by atoms with Crippen LogP contribution in [0.3, 0.4) is 0 Å². The molecule has 5 nitrogen and oxygen atoms in total. The number of methoxy groups -OCH3 is 1. The number of ether oxygens (including phenoxy) is 1. The molecule has 0 heterocycles. The van der Waals surface area contributed by atoms with E-state index >= 15 is 0 Å². The van der Waals surface area contributed by atoms with Crippen LogP contribution in [0.5, 0.6) is 0 Å². The van der Waals surface area contributed by atoms with E-state index in [0.29, 0.717) is 12.8 Å². The molecule has 5 heteroatoms. The van der Waals surface area contributed by atoms with Gasteiger partial charge in [-0.25, -0.2) is 0 Å². The lowest BCUT2D eigenvalue weighted by molar-refractivity contribution is -0.139. The molecule has 0 rings (SSSR count). The van der Waals surface area contributed by atoms with Crippen LogP contribution in [-0.4, -0.2) is 47.7 Å².